The van der Waals surface area contributed by atoms with E-state index in [1.165, 1.54) is 10.1 Å². The van der Waals surface area contributed by atoms with Gasteiger partial charge in [0.05, 0.1) is 11.2 Å². The van der Waals surface area contributed by atoms with Gasteiger partial charge in [-0.2, -0.15) is 4.98 Å². The highest BCUT2D eigenvalue weighted by molar-refractivity contribution is 5.89. The van der Waals surface area contributed by atoms with E-state index in [2.05, 4.69) is 15.2 Å². The van der Waals surface area contributed by atoms with Crippen LogP contribution in [0, 0.1) is 0 Å². The molecule has 206 valence electrons. The van der Waals surface area contributed by atoms with Crippen LogP contribution in [0.2, 0.25) is 0 Å². The number of benzene rings is 1. The zero-order valence-electron chi connectivity index (χ0n) is 22.8. The van der Waals surface area contributed by atoms with Crippen molar-refractivity contribution in [1.29, 1.82) is 0 Å². The van der Waals surface area contributed by atoms with Gasteiger partial charge in [0.25, 0.3) is 0 Å². The highest BCUT2D eigenvalue weighted by Gasteiger charge is 2.38. The minimum absolute atomic E-state index is 0.147. The van der Waals surface area contributed by atoms with Gasteiger partial charge in [0.2, 0.25) is 5.91 Å². The fraction of sp³-hybridized carbons (Fsp3) is 0.556. The van der Waals surface area contributed by atoms with Gasteiger partial charge in [-0.05, 0) is 77.4 Å². The predicted molar refractivity (Wildman–Crippen MR) is 147 cm³/mol. The SMILES string of the molecule is CC1CN(C(=O)C(C)(C)N)C(C)CN1C(=O)Nc1ccn(-c2ccc(CN3CCC(N)CC3)cc2)c(=O)n1. The van der Waals surface area contributed by atoms with Gasteiger partial charge in [0.15, 0.2) is 0 Å². The van der Waals surface area contributed by atoms with Crippen LogP contribution in [-0.4, -0.2) is 86.0 Å². The van der Waals surface area contributed by atoms with E-state index in [0.29, 0.717) is 24.8 Å². The average Bonchev–Trinajstić information content (AvgIpc) is 2.86. The Morgan fingerprint density at radius 2 is 1.63 bits per heavy atom. The quantitative estimate of drug-likeness (QED) is 0.536. The van der Waals surface area contributed by atoms with Gasteiger partial charge in [-0.15, -0.1) is 0 Å². The molecule has 0 spiro atoms. The van der Waals surface area contributed by atoms with E-state index in [1.54, 1.807) is 35.9 Å². The summed E-state index contributed by atoms with van der Waals surface area (Å²) in [7, 11) is 0. The Bertz CT molecular complexity index is 1200. The molecule has 1 aromatic heterocycles. The molecule has 2 aliphatic rings. The van der Waals surface area contributed by atoms with Crippen LogP contribution in [-0.2, 0) is 11.3 Å². The smallest absolute Gasteiger partial charge is 0.335 e. The van der Waals surface area contributed by atoms with E-state index < -0.39 is 11.2 Å². The first-order chi connectivity index (χ1) is 17.9. The number of urea groups is 1. The van der Waals surface area contributed by atoms with Gasteiger partial charge in [0.1, 0.15) is 5.82 Å². The molecular formula is C27H40N8O3. The summed E-state index contributed by atoms with van der Waals surface area (Å²) in [4.78, 5) is 48.3. The van der Waals surface area contributed by atoms with E-state index in [9.17, 15) is 14.4 Å². The van der Waals surface area contributed by atoms with Crippen molar-refractivity contribution < 1.29 is 9.59 Å². The third kappa shape index (κ3) is 6.40. The normalized spacial score (nSPS) is 21.4. The molecule has 0 aliphatic carbocycles. The molecule has 4 rings (SSSR count). The van der Waals surface area contributed by atoms with Crippen molar-refractivity contribution in [2.24, 2.45) is 11.5 Å². The number of hydrogen-bond acceptors (Lipinski definition) is 7. The lowest BCUT2D eigenvalue weighted by atomic mass is 10.0. The molecule has 2 aliphatic heterocycles. The van der Waals surface area contributed by atoms with Gasteiger partial charge in [-0.3, -0.25) is 19.6 Å². The number of piperidine rings is 1. The lowest BCUT2D eigenvalue weighted by Crippen LogP contribution is -2.64. The molecule has 2 aromatic rings. The largest absolute Gasteiger partial charge is 0.354 e. The highest BCUT2D eigenvalue weighted by atomic mass is 16.2. The molecule has 2 saturated heterocycles. The summed E-state index contributed by atoms with van der Waals surface area (Å²) in [5.74, 6) is 0.0316. The van der Waals surface area contributed by atoms with Crippen LogP contribution in [0.15, 0.2) is 41.3 Å². The summed E-state index contributed by atoms with van der Waals surface area (Å²) >= 11 is 0. The number of hydrogen-bond donors (Lipinski definition) is 3. The number of rotatable bonds is 5. The standard InChI is InChI=1S/C27H40N8O3/c1-18-16-35(19(2)15-34(18)24(36)27(3,4)29)26(38)31-23-11-14-33(25(37)30-23)22-7-5-20(6-8-22)17-32-12-9-21(28)10-13-32/h5-8,11,14,18-19,21H,9-10,12-13,15-17,28-29H2,1-4H3,(H,30,31,37,38). The molecule has 2 unspecified atom stereocenters. The van der Waals surface area contributed by atoms with E-state index in [-0.39, 0.29) is 29.8 Å². The number of carbonyl (C=O) groups excluding carboxylic acids is 2. The van der Waals surface area contributed by atoms with Crippen LogP contribution in [0.1, 0.15) is 46.1 Å². The molecule has 3 amide bonds. The summed E-state index contributed by atoms with van der Waals surface area (Å²) in [5.41, 5.74) is 12.4. The topological polar surface area (TPSA) is 143 Å². The number of aromatic nitrogens is 2. The number of nitrogens with two attached hydrogens (primary N) is 2. The van der Waals surface area contributed by atoms with E-state index >= 15 is 0 Å². The highest BCUT2D eigenvalue weighted by Crippen LogP contribution is 2.20. The Balaban J connectivity index is 1.37. The molecule has 1 aromatic carbocycles. The second-order valence-electron chi connectivity index (χ2n) is 11.2. The average molecular weight is 525 g/mol. The molecule has 2 fully saturated rings. The molecule has 0 bridgehead atoms. The van der Waals surface area contributed by atoms with Gasteiger partial charge < -0.3 is 21.3 Å². The van der Waals surface area contributed by atoms with Crippen molar-refractivity contribution in [2.75, 3.05) is 31.5 Å². The number of amides is 3. The summed E-state index contributed by atoms with van der Waals surface area (Å²) in [5, 5.41) is 2.73. The second-order valence-corrected chi connectivity index (χ2v) is 11.2. The molecule has 5 N–H and O–H groups in total. The van der Waals surface area contributed by atoms with Crippen LogP contribution in [0.5, 0.6) is 0 Å². The maximum atomic E-state index is 13.0. The monoisotopic (exact) mass is 524 g/mol. The van der Waals surface area contributed by atoms with Gasteiger partial charge in [-0.1, -0.05) is 12.1 Å². The minimum Gasteiger partial charge on any atom is -0.335 e. The molecule has 0 saturated carbocycles. The zero-order chi connectivity index (χ0) is 27.6. The molecule has 11 heteroatoms. The van der Waals surface area contributed by atoms with E-state index in [4.69, 9.17) is 11.5 Å². The van der Waals surface area contributed by atoms with Crippen LogP contribution < -0.4 is 22.5 Å². The predicted octanol–water partition coefficient (Wildman–Crippen LogP) is 1.35. The molecular weight excluding hydrogens is 484 g/mol. The Kier molecular flexibility index (Phi) is 8.19. The third-order valence-electron chi connectivity index (χ3n) is 7.35. The fourth-order valence-corrected chi connectivity index (χ4v) is 5.04. The molecule has 11 nitrogen and oxygen atoms in total. The number of nitrogens with zero attached hydrogens (tertiary/aromatic N) is 5. The number of carbonyl (C=O) groups is 2. The lowest BCUT2D eigenvalue weighted by Gasteiger charge is -2.45. The van der Waals surface area contributed by atoms with E-state index in [0.717, 1.165) is 32.5 Å². The maximum Gasteiger partial charge on any atom is 0.354 e. The van der Waals surface area contributed by atoms with Crippen LogP contribution >= 0.6 is 0 Å². The van der Waals surface area contributed by atoms with Gasteiger partial charge in [-0.25, -0.2) is 9.59 Å². The van der Waals surface area contributed by atoms with Crippen LogP contribution in [0.3, 0.4) is 0 Å². The Labute approximate surface area is 223 Å². The summed E-state index contributed by atoms with van der Waals surface area (Å²) in [6.45, 7) is 10.7. The molecule has 2 atom stereocenters. The summed E-state index contributed by atoms with van der Waals surface area (Å²) < 4.78 is 1.45. The van der Waals surface area contributed by atoms with Crippen molar-refractivity contribution in [3.63, 3.8) is 0 Å². The molecule has 3 heterocycles. The maximum absolute atomic E-state index is 13.0. The minimum atomic E-state index is -0.978. The van der Waals surface area contributed by atoms with Crippen molar-refractivity contribution in [3.05, 3.63) is 52.6 Å². The number of piperazine rings is 1. The van der Waals surface area contributed by atoms with Crippen molar-refractivity contribution in [1.82, 2.24) is 24.3 Å². The zero-order valence-corrected chi connectivity index (χ0v) is 22.8. The first kappa shape index (κ1) is 27.7. The third-order valence-corrected chi connectivity index (χ3v) is 7.35. The Hall–Kier alpha value is -3.28. The number of likely N-dealkylation sites (tertiary alicyclic amines) is 1. The number of anilines is 1. The second kappa shape index (κ2) is 11.2. The van der Waals surface area contributed by atoms with Gasteiger partial charge in [0, 0.05) is 44.0 Å². The van der Waals surface area contributed by atoms with Crippen LogP contribution in [0.4, 0.5) is 10.6 Å². The molecule has 38 heavy (non-hydrogen) atoms. The van der Waals surface area contributed by atoms with Crippen molar-refractivity contribution >= 4 is 17.8 Å². The number of nitrogens with one attached hydrogen (secondary N) is 1. The first-order valence-electron chi connectivity index (χ1n) is 13.3. The van der Waals surface area contributed by atoms with Crippen LogP contribution in [0.25, 0.3) is 5.69 Å². The lowest BCUT2D eigenvalue weighted by molar-refractivity contribution is -0.141. The van der Waals surface area contributed by atoms with Crippen molar-refractivity contribution in [2.45, 2.75) is 70.7 Å². The first-order valence-corrected chi connectivity index (χ1v) is 13.3. The molecule has 0 radical (unpaired) electrons. The Morgan fingerprint density at radius 3 is 2.24 bits per heavy atom. The fourth-order valence-electron chi connectivity index (χ4n) is 5.04. The van der Waals surface area contributed by atoms with E-state index in [1.807, 2.05) is 38.1 Å². The Morgan fingerprint density at radius 1 is 1.03 bits per heavy atom. The van der Waals surface area contributed by atoms with Crippen molar-refractivity contribution in [3.8, 4) is 5.69 Å². The van der Waals surface area contributed by atoms with Gasteiger partial charge >= 0.3 is 11.7 Å². The summed E-state index contributed by atoms with van der Waals surface area (Å²) in [6.07, 6.45) is 3.64. The summed E-state index contributed by atoms with van der Waals surface area (Å²) in [6, 6.07) is 8.97.